The van der Waals surface area contributed by atoms with E-state index in [0.29, 0.717) is 0 Å². The fourth-order valence-electron chi connectivity index (χ4n) is 1.41. The van der Waals surface area contributed by atoms with Gasteiger partial charge in [-0.2, -0.15) is 0 Å². The van der Waals surface area contributed by atoms with Crippen molar-refractivity contribution in [3.8, 4) is 0 Å². The second kappa shape index (κ2) is 14.8. The molecule has 3 heteroatoms. The number of hydrogen-bond acceptors (Lipinski definition) is 2. The number of hydrogen-bond donors (Lipinski definition) is 0. The molecule has 0 aromatic carbocycles. The van der Waals surface area contributed by atoms with E-state index < -0.39 is 0 Å². The van der Waals surface area contributed by atoms with Crippen molar-refractivity contribution in [1.29, 1.82) is 0 Å². The maximum absolute atomic E-state index is 5.83. The Balaban J connectivity index is 3.60. The molecule has 102 valence electrons. The molecule has 0 rings (SSSR count). The van der Waals surface area contributed by atoms with Crippen LogP contribution >= 0.6 is 0 Å². The van der Waals surface area contributed by atoms with Crippen LogP contribution in [-0.2, 0) is 9.47 Å². The van der Waals surface area contributed by atoms with Gasteiger partial charge in [-0.05, 0) is 0 Å². The van der Waals surface area contributed by atoms with Gasteiger partial charge in [0.1, 0.15) is 0 Å². The van der Waals surface area contributed by atoms with Crippen molar-refractivity contribution in [3.05, 3.63) is 0 Å². The summed E-state index contributed by atoms with van der Waals surface area (Å²) >= 11 is -0.234. The van der Waals surface area contributed by atoms with Gasteiger partial charge < -0.3 is 0 Å². The molecule has 0 heterocycles. The molecule has 0 aliphatic heterocycles. The summed E-state index contributed by atoms with van der Waals surface area (Å²) in [6.45, 7) is 8.43. The first kappa shape index (κ1) is 17.7. The Bertz CT molecular complexity index is 132. The van der Waals surface area contributed by atoms with Gasteiger partial charge in [-0.3, -0.25) is 0 Å². The van der Waals surface area contributed by atoms with Crippen LogP contribution in [0.3, 0.4) is 0 Å². The summed E-state index contributed by atoms with van der Waals surface area (Å²) in [5.74, 6) is 0. The zero-order valence-corrected chi connectivity index (χ0v) is 14.8. The van der Waals surface area contributed by atoms with E-state index >= 15 is 0 Å². The van der Waals surface area contributed by atoms with Crippen LogP contribution in [0, 0.1) is 0 Å². The van der Waals surface area contributed by atoms with Gasteiger partial charge in [0.2, 0.25) is 0 Å². The summed E-state index contributed by atoms with van der Waals surface area (Å²) in [6, 6.07) is 0. The van der Waals surface area contributed by atoms with E-state index in [9.17, 15) is 0 Å². The van der Waals surface area contributed by atoms with E-state index in [1.807, 2.05) is 0 Å². The number of unbranched alkanes of at least 4 members (excludes halogenated alkanes) is 3. The van der Waals surface area contributed by atoms with Crippen molar-refractivity contribution >= 4 is 21.1 Å². The Kier molecular flexibility index (Phi) is 15.4. The van der Waals surface area contributed by atoms with Crippen molar-refractivity contribution in [2.45, 2.75) is 74.5 Å². The molecule has 17 heavy (non-hydrogen) atoms. The normalized spacial score (nSPS) is 11.3. The third kappa shape index (κ3) is 13.0. The Morgan fingerprint density at radius 1 is 0.824 bits per heavy atom. The first-order valence-electron chi connectivity index (χ1n) is 7.29. The van der Waals surface area contributed by atoms with E-state index in [1.54, 1.807) is 0 Å². The molecule has 0 N–H and O–H groups in total. The minimum absolute atomic E-state index is 0.122. The molecule has 2 radical (unpaired) electrons. The number of ether oxygens (including phenoxy) is 2. The average Bonchev–Trinajstić information content (AvgIpc) is 2.34. The summed E-state index contributed by atoms with van der Waals surface area (Å²) in [4.78, 5) is 0. The van der Waals surface area contributed by atoms with Gasteiger partial charge in [-0.25, -0.2) is 0 Å². The molecule has 0 saturated heterocycles. The van der Waals surface area contributed by atoms with Gasteiger partial charge in [0.25, 0.3) is 0 Å². The molecule has 0 aliphatic rings. The molecular weight excluding hydrogens is 319 g/mol. The van der Waals surface area contributed by atoms with Crippen molar-refractivity contribution in [2.24, 2.45) is 0 Å². The summed E-state index contributed by atoms with van der Waals surface area (Å²) in [6.07, 6.45) is 7.59. The molecule has 0 unspecified atom stereocenters. The van der Waals surface area contributed by atoms with Crippen LogP contribution in [0.4, 0.5) is 0 Å². The molecule has 0 spiro atoms. The first-order valence-corrected chi connectivity index (χ1v) is 11.3. The Labute approximate surface area is 118 Å². The van der Waals surface area contributed by atoms with Gasteiger partial charge in [0.15, 0.2) is 0 Å². The minimum atomic E-state index is -0.234. The zero-order chi connectivity index (χ0) is 12.8. The molecule has 0 saturated carbocycles. The van der Waals surface area contributed by atoms with Gasteiger partial charge in [-0.15, -0.1) is 0 Å². The average molecular weight is 349 g/mol. The molecule has 0 aliphatic carbocycles. The van der Waals surface area contributed by atoms with Crippen LogP contribution in [0.15, 0.2) is 0 Å². The molecule has 0 atom stereocenters. The van der Waals surface area contributed by atoms with Gasteiger partial charge in [-0.1, -0.05) is 0 Å². The fourth-order valence-corrected chi connectivity index (χ4v) is 5.06. The van der Waals surface area contributed by atoms with Crippen LogP contribution in [0.5, 0.6) is 0 Å². The van der Waals surface area contributed by atoms with E-state index in [2.05, 4.69) is 20.8 Å². The van der Waals surface area contributed by atoms with Crippen LogP contribution in [0.2, 0.25) is 8.87 Å². The third-order valence-electron chi connectivity index (χ3n) is 2.62. The monoisotopic (exact) mass is 350 g/mol. The molecule has 0 bridgehead atoms. The van der Waals surface area contributed by atoms with Crippen LogP contribution in [-0.4, -0.2) is 40.6 Å². The molecule has 0 aromatic rings. The summed E-state index contributed by atoms with van der Waals surface area (Å²) in [5.41, 5.74) is 0. The second-order valence-corrected chi connectivity index (χ2v) is 8.46. The summed E-state index contributed by atoms with van der Waals surface area (Å²) in [5, 5.41) is 0. The SMILES string of the molecule is CCCCOC([CH2][Sn][CH2]CCC)OCCCC. The predicted molar refractivity (Wildman–Crippen MR) is 75.8 cm³/mol. The molecule has 2 nitrogen and oxygen atoms in total. The Hall–Kier alpha value is 0.719. The van der Waals surface area contributed by atoms with Crippen molar-refractivity contribution in [1.82, 2.24) is 0 Å². The Morgan fingerprint density at radius 3 is 1.82 bits per heavy atom. The van der Waals surface area contributed by atoms with Crippen molar-refractivity contribution in [2.75, 3.05) is 13.2 Å². The van der Waals surface area contributed by atoms with E-state index in [-0.39, 0.29) is 27.4 Å². The quantitative estimate of drug-likeness (QED) is 0.281. The van der Waals surface area contributed by atoms with E-state index in [4.69, 9.17) is 9.47 Å². The molecule has 0 amide bonds. The molecule has 0 aromatic heterocycles. The van der Waals surface area contributed by atoms with Gasteiger partial charge >= 0.3 is 118 Å². The maximum atomic E-state index is 5.83. The predicted octanol–water partition coefficient (Wildman–Crippen LogP) is 4.29. The van der Waals surface area contributed by atoms with Crippen molar-refractivity contribution < 1.29 is 9.47 Å². The van der Waals surface area contributed by atoms with Crippen LogP contribution in [0.1, 0.15) is 59.3 Å². The third-order valence-corrected chi connectivity index (χ3v) is 6.41. The fraction of sp³-hybridized carbons (Fsp3) is 1.00. The molecular formula is C14H30O2Sn. The number of rotatable bonds is 13. The van der Waals surface area contributed by atoms with Crippen molar-refractivity contribution in [3.63, 3.8) is 0 Å². The van der Waals surface area contributed by atoms with E-state index in [0.717, 1.165) is 26.1 Å². The van der Waals surface area contributed by atoms with Crippen LogP contribution < -0.4 is 0 Å². The summed E-state index contributed by atoms with van der Waals surface area (Å²) < 4.78 is 14.4. The topological polar surface area (TPSA) is 18.5 Å². The zero-order valence-electron chi connectivity index (χ0n) is 12.0. The Morgan fingerprint density at radius 2 is 1.35 bits per heavy atom. The second-order valence-electron chi connectivity index (χ2n) is 4.44. The van der Waals surface area contributed by atoms with Gasteiger partial charge in [0.05, 0.1) is 0 Å². The summed E-state index contributed by atoms with van der Waals surface area (Å²) in [7, 11) is 0. The molecule has 0 fully saturated rings. The van der Waals surface area contributed by atoms with Crippen LogP contribution in [0.25, 0.3) is 0 Å². The van der Waals surface area contributed by atoms with Gasteiger partial charge in [0, 0.05) is 0 Å². The standard InChI is InChI=1S/C10H21O2.C4H9.Sn/c1-4-6-8-11-10(3)12-9-7-5-2;1-3-4-2;/h10H,3-9H2,1-2H3;1,3-4H2,2H3;. The van der Waals surface area contributed by atoms with E-state index in [1.165, 1.54) is 34.6 Å². The first-order chi connectivity index (χ1) is 8.35.